The smallest absolute Gasteiger partial charge is 0.226 e. The Morgan fingerprint density at radius 3 is 2.92 bits per heavy atom. The van der Waals surface area contributed by atoms with Gasteiger partial charge in [-0.2, -0.15) is 0 Å². The van der Waals surface area contributed by atoms with Crippen molar-refractivity contribution in [3.05, 3.63) is 24.3 Å². The second kappa shape index (κ2) is 3.26. The summed E-state index contributed by atoms with van der Waals surface area (Å²) in [6.07, 6.45) is 2.01. The Balaban J connectivity index is 2.39. The van der Waals surface area contributed by atoms with E-state index in [0.29, 0.717) is 0 Å². The third kappa shape index (κ3) is 1.53. The SMILES string of the molecule is CSP1(=S)Oc2ccccc2S1. The van der Waals surface area contributed by atoms with E-state index in [1.54, 1.807) is 22.8 Å². The molecule has 1 heterocycles. The molecule has 0 spiro atoms. The van der Waals surface area contributed by atoms with Crippen molar-refractivity contribution in [1.29, 1.82) is 0 Å². The Kier molecular flexibility index (Phi) is 2.43. The lowest BCUT2D eigenvalue weighted by Crippen LogP contribution is -1.75. The minimum atomic E-state index is -1.67. The molecule has 12 heavy (non-hydrogen) atoms. The molecule has 0 fully saturated rings. The van der Waals surface area contributed by atoms with Gasteiger partial charge >= 0.3 is 0 Å². The summed E-state index contributed by atoms with van der Waals surface area (Å²) in [4.78, 5) is 1.19. The number of rotatable bonds is 1. The molecule has 64 valence electrons. The highest BCUT2D eigenvalue weighted by molar-refractivity contribution is 8.99. The molecule has 0 bridgehead atoms. The van der Waals surface area contributed by atoms with Crippen molar-refractivity contribution in [2.45, 2.75) is 4.90 Å². The van der Waals surface area contributed by atoms with Crippen molar-refractivity contribution in [3.63, 3.8) is 0 Å². The maximum atomic E-state index is 5.70. The number of fused-ring (bicyclic) bond motifs is 1. The highest BCUT2D eigenvalue weighted by Gasteiger charge is 2.29. The molecule has 1 nitrogen and oxygen atoms in total. The second-order valence-electron chi connectivity index (χ2n) is 2.26. The Bertz CT molecular complexity index is 323. The van der Waals surface area contributed by atoms with Crippen molar-refractivity contribution in [1.82, 2.24) is 0 Å². The number of benzene rings is 1. The van der Waals surface area contributed by atoms with Gasteiger partial charge in [-0.1, -0.05) is 23.5 Å². The lowest BCUT2D eigenvalue weighted by Gasteiger charge is -2.08. The molecule has 0 saturated heterocycles. The standard InChI is InChI=1S/C7H7OPS3/c1-11-9(10)8-6-4-2-3-5-7(6)12-9/h2-5H,1H3. The van der Waals surface area contributed by atoms with Gasteiger partial charge in [0.25, 0.3) is 0 Å². The van der Waals surface area contributed by atoms with Crippen molar-refractivity contribution in [3.8, 4) is 5.75 Å². The summed E-state index contributed by atoms with van der Waals surface area (Å²) >= 11 is 8.75. The number of hydrogen-bond donors (Lipinski definition) is 0. The van der Waals surface area contributed by atoms with Crippen molar-refractivity contribution >= 4 is 39.2 Å². The Labute approximate surface area is 84.9 Å². The topological polar surface area (TPSA) is 9.23 Å². The van der Waals surface area contributed by atoms with E-state index in [9.17, 15) is 0 Å². The number of para-hydroxylation sites is 1. The second-order valence-corrected chi connectivity index (χ2v) is 12.7. The van der Waals surface area contributed by atoms with Gasteiger partial charge in [0.2, 0.25) is 4.67 Å². The molecular formula is C7H7OPS3. The molecule has 5 heteroatoms. The van der Waals surface area contributed by atoms with Crippen molar-refractivity contribution < 1.29 is 4.52 Å². The van der Waals surface area contributed by atoms with E-state index in [-0.39, 0.29) is 0 Å². The van der Waals surface area contributed by atoms with Crippen LogP contribution in [-0.4, -0.2) is 6.26 Å². The minimum absolute atomic E-state index is 0.959. The van der Waals surface area contributed by atoms with Gasteiger partial charge in [0.15, 0.2) is 0 Å². The zero-order valence-corrected chi connectivity index (χ0v) is 9.73. The molecule has 1 aromatic carbocycles. The van der Waals surface area contributed by atoms with Crippen molar-refractivity contribution in [2.75, 3.05) is 6.26 Å². The van der Waals surface area contributed by atoms with E-state index in [2.05, 4.69) is 6.07 Å². The van der Waals surface area contributed by atoms with Crippen LogP contribution in [0.1, 0.15) is 0 Å². The predicted molar refractivity (Wildman–Crippen MR) is 60.7 cm³/mol. The Morgan fingerprint density at radius 1 is 1.50 bits per heavy atom. The third-order valence-electron chi connectivity index (χ3n) is 1.49. The maximum absolute atomic E-state index is 5.70. The molecule has 1 aromatic rings. The fraction of sp³-hybridized carbons (Fsp3) is 0.143. The van der Waals surface area contributed by atoms with E-state index < -0.39 is 4.67 Å². The first-order chi connectivity index (χ1) is 5.73. The van der Waals surface area contributed by atoms with Gasteiger partial charge in [-0.25, -0.2) is 0 Å². The summed E-state index contributed by atoms with van der Waals surface area (Å²) in [7, 11) is 0. The fourth-order valence-electron chi connectivity index (χ4n) is 0.935. The molecule has 0 N–H and O–H groups in total. The highest BCUT2D eigenvalue weighted by atomic mass is 33.2. The molecular weight excluding hydrogens is 227 g/mol. The Hall–Kier alpha value is 0.370. The molecule has 1 aliphatic rings. The van der Waals surface area contributed by atoms with Crippen LogP contribution >= 0.6 is 27.4 Å². The monoisotopic (exact) mass is 234 g/mol. The van der Waals surface area contributed by atoms with Gasteiger partial charge in [0.05, 0.1) is 4.90 Å². The van der Waals surface area contributed by atoms with Gasteiger partial charge in [-0.05, 0) is 41.6 Å². The third-order valence-corrected chi connectivity index (χ3v) is 10.4. The molecule has 0 aliphatic carbocycles. The molecule has 0 aromatic heterocycles. The normalized spacial score (nSPS) is 26.4. The van der Waals surface area contributed by atoms with Crippen LogP contribution < -0.4 is 4.52 Å². The summed E-state index contributed by atoms with van der Waals surface area (Å²) in [5.41, 5.74) is 0. The largest absolute Gasteiger partial charge is 0.447 e. The van der Waals surface area contributed by atoms with E-state index in [1.807, 2.05) is 24.5 Å². The zero-order valence-electron chi connectivity index (χ0n) is 6.39. The number of hydrogen-bond acceptors (Lipinski definition) is 4. The average molecular weight is 234 g/mol. The van der Waals surface area contributed by atoms with Gasteiger partial charge in [0.1, 0.15) is 5.75 Å². The van der Waals surface area contributed by atoms with E-state index >= 15 is 0 Å². The van der Waals surface area contributed by atoms with E-state index in [4.69, 9.17) is 16.3 Å². The lowest BCUT2D eigenvalue weighted by molar-refractivity contribution is 0.628. The van der Waals surface area contributed by atoms with Crippen LogP contribution in [0.5, 0.6) is 5.75 Å². The first kappa shape index (κ1) is 8.95. The summed E-state index contributed by atoms with van der Waals surface area (Å²) in [6, 6.07) is 8.03. The highest BCUT2D eigenvalue weighted by Crippen LogP contribution is 2.76. The van der Waals surface area contributed by atoms with E-state index in [1.165, 1.54) is 4.90 Å². The zero-order chi connectivity index (χ0) is 8.60. The molecule has 1 aliphatic heterocycles. The van der Waals surface area contributed by atoms with Crippen LogP contribution in [0, 0.1) is 0 Å². The van der Waals surface area contributed by atoms with E-state index in [0.717, 1.165) is 5.75 Å². The fourth-order valence-corrected chi connectivity index (χ4v) is 6.74. The summed E-state index contributed by atoms with van der Waals surface area (Å²) in [6.45, 7) is 0. The quantitative estimate of drug-likeness (QED) is 0.684. The van der Waals surface area contributed by atoms with Crippen LogP contribution in [-0.2, 0) is 11.8 Å². The summed E-state index contributed by atoms with van der Waals surface area (Å²) in [5, 5.41) is 0. The van der Waals surface area contributed by atoms with Gasteiger partial charge < -0.3 is 4.52 Å². The molecule has 0 saturated carbocycles. The molecule has 0 amide bonds. The van der Waals surface area contributed by atoms with Crippen LogP contribution in [0.25, 0.3) is 0 Å². The van der Waals surface area contributed by atoms with Crippen LogP contribution in [0.15, 0.2) is 29.2 Å². The first-order valence-corrected chi connectivity index (χ1v) is 9.35. The molecule has 1 atom stereocenters. The van der Waals surface area contributed by atoms with Crippen molar-refractivity contribution in [2.24, 2.45) is 0 Å². The molecule has 0 radical (unpaired) electrons. The lowest BCUT2D eigenvalue weighted by atomic mass is 10.3. The summed E-state index contributed by atoms with van der Waals surface area (Å²) < 4.78 is 4.03. The van der Waals surface area contributed by atoms with Crippen LogP contribution in [0.4, 0.5) is 0 Å². The predicted octanol–water partition coefficient (Wildman–Crippen LogP) is 3.76. The molecule has 1 unspecified atom stereocenters. The summed E-state index contributed by atoms with van der Waals surface area (Å²) in [5.74, 6) is 0.959. The average Bonchev–Trinajstić information content (AvgIpc) is 2.42. The minimum Gasteiger partial charge on any atom is -0.447 e. The van der Waals surface area contributed by atoms with Crippen LogP contribution in [0.3, 0.4) is 0 Å². The van der Waals surface area contributed by atoms with Gasteiger partial charge in [-0.3, -0.25) is 0 Å². The maximum Gasteiger partial charge on any atom is 0.226 e. The Morgan fingerprint density at radius 2 is 2.25 bits per heavy atom. The first-order valence-electron chi connectivity index (χ1n) is 3.37. The van der Waals surface area contributed by atoms with Gasteiger partial charge in [0, 0.05) is 0 Å². The molecule has 2 rings (SSSR count). The van der Waals surface area contributed by atoms with Crippen LogP contribution in [0.2, 0.25) is 0 Å². The van der Waals surface area contributed by atoms with Gasteiger partial charge in [-0.15, -0.1) is 0 Å².